The van der Waals surface area contributed by atoms with Gasteiger partial charge in [-0.15, -0.1) is 0 Å². The van der Waals surface area contributed by atoms with Crippen molar-refractivity contribution >= 4 is 0 Å². The maximum Gasteiger partial charge on any atom is 0.123 e. The van der Waals surface area contributed by atoms with E-state index in [9.17, 15) is 4.39 Å². The van der Waals surface area contributed by atoms with E-state index in [0.29, 0.717) is 6.04 Å². The number of halogens is 1. The fraction of sp³-hybridized carbons (Fsp3) is 0.647. The van der Waals surface area contributed by atoms with Crippen LogP contribution < -0.4 is 5.32 Å². The van der Waals surface area contributed by atoms with Gasteiger partial charge in [-0.05, 0) is 55.8 Å². The van der Waals surface area contributed by atoms with Crippen LogP contribution in [0.3, 0.4) is 0 Å². The zero-order chi connectivity index (χ0) is 13.5. The molecule has 1 aliphatic carbocycles. The van der Waals surface area contributed by atoms with E-state index in [1.165, 1.54) is 44.1 Å². The van der Waals surface area contributed by atoms with E-state index in [2.05, 4.69) is 12.2 Å². The molecule has 0 aromatic heterocycles. The minimum absolute atomic E-state index is 0.139. The molecule has 1 nitrogen and oxygen atoms in total. The van der Waals surface area contributed by atoms with Gasteiger partial charge in [-0.2, -0.15) is 0 Å². The maximum absolute atomic E-state index is 13.0. The third kappa shape index (κ3) is 4.61. The zero-order valence-electron chi connectivity index (χ0n) is 12.0. The molecule has 1 atom stereocenters. The lowest BCUT2D eigenvalue weighted by Gasteiger charge is -2.31. The first-order valence-electron chi connectivity index (χ1n) is 7.77. The Bertz CT molecular complexity index is 354. The first-order chi connectivity index (χ1) is 9.29. The average molecular weight is 263 g/mol. The standard InChI is InChI=1S/C17H26FN/c1-2-12-19-17(15-6-4-3-5-7-15)13-14-8-10-16(18)11-9-14/h8-11,15,17,19H,2-7,12-13H2,1H3. The van der Waals surface area contributed by atoms with Crippen molar-refractivity contribution < 1.29 is 4.39 Å². The van der Waals surface area contributed by atoms with Crippen LogP contribution in [0.25, 0.3) is 0 Å². The largest absolute Gasteiger partial charge is 0.313 e. The number of rotatable bonds is 6. The lowest BCUT2D eigenvalue weighted by atomic mass is 9.81. The minimum Gasteiger partial charge on any atom is -0.313 e. The van der Waals surface area contributed by atoms with Crippen molar-refractivity contribution in [3.63, 3.8) is 0 Å². The van der Waals surface area contributed by atoms with E-state index in [4.69, 9.17) is 0 Å². The zero-order valence-corrected chi connectivity index (χ0v) is 12.0. The summed E-state index contributed by atoms with van der Waals surface area (Å²) in [5, 5.41) is 3.71. The van der Waals surface area contributed by atoms with E-state index >= 15 is 0 Å². The molecule has 0 radical (unpaired) electrons. The van der Waals surface area contributed by atoms with Crippen molar-refractivity contribution in [2.45, 2.75) is 57.9 Å². The Hall–Kier alpha value is -0.890. The Morgan fingerprint density at radius 2 is 1.84 bits per heavy atom. The van der Waals surface area contributed by atoms with Gasteiger partial charge >= 0.3 is 0 Å². The first kappa shape index (κ1) is 14.5. The molecule has 19 heavy (non-hydrogen) atoms. The highest BCUT2D eigenvalue weighted by atomic mass is 19.1. The molecule has 1 aromatic carbocycles. The van der Waals surface area contributed by atoms with E-state index in [-0.39, 0.29) is 5.82 Å². The van der Waals surface area contributed by atoms with Crippen molar-refractivity contribution in [1.82, 2.24) is 5.32 Å². The normalized spacial score (nSPS) is 18.4. The monoisotopic (exact) mass is 263 g/mol. The first-order valence-corrected chi connectivity index (χ1v) is 7.77. The van der Waals surface area contributed by atoms with Gasteiger partial charge in [-0.1, -0.05) is 38.3 Å². The lowest BCUT2D eigenvalue weighted by Crippen LogP contribution is -2.39. The second kappa shape index (κ2) is 7.64. The molecule has 0 bridgehead atoms. The van der Waals surface area contributed by atoms with Crippen molar-refractivity contribution in [2.75, 3.05) is 6.54 Å². The van der Waals surface area contributed by atoms with Gasteiger partial charge in [0.05, 0.1) is 0 Å². The fourth-order valence-electron chi connectivity index (χ4n) is 3.15. The molecule has 0 aliphatic heterocycles. The molecule has 2 rings (SSSR count). The summed E-state index contributed by atoms with van der Waals surface area (Å²) in [6.07, 6.45) is 9.05. The predicted molar refractivity (Wildman–Crippen MR) is 78.8 cm³/mol. The molecule has 1 saturated carbocycles. The second-order valence-electron chi connectivity index (χ2n) is 5.79. The molecule has 0 saturated heterocycles. The molecular formula is C17H26FN. The van der Waals surface area contributed by atoms with Gasteiger partial charge < -0.3 is 5.32 Å². The molecular weight excluding hydrogens is 237 g/mol. The van der Waals surface area contributed by atoms with Crippen molar-refractivity contribution in [2.24, 2.45) is 5.92 Å². The van der Waals surface area contributed by atoms with Crippen LogP contribution in [-0.2, 0) is 6.42 Å². The van der Waals surface area contributed by atoms with Gasteiger partial charge in [0, 0.05) is 6.04 Å². The highest BCUT2D eigenvalue weighted by molar-refractivity contribution is 5.17. The van der Waals surface area contributed by atoms with Crippen LogP contribution >= 0.6 is 0 Å². The number of hydrogen-bond acceptors (Lipinski definition) is 1. The van der Waals surface area contributed by atoms with Gasteiger partial charge in [0.1, 0.15) is 5.82 Å². The Labute approximate surface area is 116 Å². The Morgan fingerprint density at radius 3 is 2.47 bits per heavy atom. The topological polar surface area (TPSA) is 12.0 Å². The summed E-state index contributed by atoms with van der Waals surface area (Å²) in [6, 6.07) is 7.57. The Balaban J connectivity index is 1.97. The van der Waals surface area contributed by atoms with Crippen LogP contribution in [0.15, 0.2) is 24.3 Å². The summed E-state index contributed by atoms with van der Waals surface area (Å²) in [6.45, 7) is 3.30. The van der Waals surface area contributed by atoms with E-state index < -0.39 is 0 Å². The van der Waals surface area contributed by atoms with Crippen molar-refractivity contribution in [3.8, 4) is 0 Å². The quantitative estimate of drug-likeness (QED) is 0.806. The SMILES string of the molecule is CCCNC(Cc1ccc(F)cc1)C1CCCCC1. The molecule has 0 spiro atoms. The third-order valence-corrected chi connectivity index (χ3v) is 4.24. The molecule has 0 heterocycles. The number of benzene rings is 1. The van der Waals surface area contributed by atoms with Crippen LogP contribution in [-0.4, -0.2) is 12.6 Å². The Kier molecular flexibility index (Phi) is 5.84. The summed E-state index contributed by atoms with van der Waals surface area (Å²) in [5.74, 6) is 0.657. The average Bonchev–Trinajstić information content (AvgIpc) is 2.46. The summed E-state index contributed by atoms with van der Waals surface area (Å²) in [5.41, 5.74) is 1.25. The predicted octanol–water partition coefficient (Wildman–Crippen LogP) is 4.32. The molecule has 1 aromatic rings. The highest BCUT2D eigenvalue weighted by Gasteiger charge is 2.23. The lowest BCUT2D eigenvalue weighted by molar-refractivity contribution is 0.267. The summed E-state index contributed by atoms with van der Waals surface area (Å²) >= 11 is 0. The summed E-state index contributed by atoms with van der Waals surface area (Å²) in [4.78, 5) is 0. The van der Waals surface area contributed by atoms with E-state index in [1.54, 1.807) is 12.1 Å². The molecule has 1 N–H and O–H groups in total. The highest BCUT2D eigenvalue weighted by Crippen LogP contribution is 2.28. The van der Waals surface area contributed by atoms with E-state index in [1.807, 2.05) is 12.1 Å². The van der Waals surface area contributed by atoms with Gasteiger partial charge in [0.2, 0.25) is 0 Å². The van der Waals surface area contributed by atoms with Gasteiger partial charge in [0.25, 0.3) is 0 Å². The summed E-state index contributed by atoms with van der Waals surface area (Å²) < 4.78 is 13.0. The van der Waals surface area contributed by atoms with Gasteiger partial charge in [-0.25, -0.2) is 4.39 Å². The molecule has 1 aliphatic rings. The molecule has 106 valence electrons. The second-order valence-corrected chi connectivity index (χ2v) is 5.79. The molecule has 1 unspecified atom stereocenters. The smallest absolute Gasteiger partial charge is 0.123 e. The fourth-order valence-corrected chi connectivity index (χ4v) is 3.15. The van der Waals surface area contributed by atoms with Crippen LogP contribution in [0.1, 0.15) is 51.0 Å². The van der Waals surface area contributed by atoms with Crippen molar-refractivity contribution in [1.29, 1.82) is 0 Å². The maximum atomic E-state index is 13.0. The molecule has 0 amide bonds. The van der Waals surface area contributed by atoms with Crippen LogP contribution in [0, 0.1) is 11.7 Å². The third-order valence-electron chi connectivity index (χ3n) is 4.24. The van der Waals surface area contributed by atoms with Gasteiger partial charge in [0.15, 0.2) is 0 Å². The number of hydrogen-bond donors (Lipinski definition) is 1. The van der Waals surface area contributed by atoms with Gasteiger partial charge in [-0.3, -0.25) is 0 Å². The Morgan fingerprint density at radius 1 is 1.16 bits per heavy atom. The van der Waals surface area contributed by atoms with Crippen molar-refractivity contribution in [3.05, 3.63) is 35.6 Å². The van der Waals surface area contributed by atoms with Crippen LogP contribution in [0.4, 0.5) is 4.39 Å². The minimum atomic E-state index is -0.139. The van der Waals surface area contributed by atoms with Crippen LogP contribution in [0.5, 0.6) is 0 Å². The molecule has 1 fully saturated rings. The summed E-state index contributed by atoms with van der Waals surface area (Å²) in [7, 11) is 0. The molecule has 2 heteroatoms. The number of nitrogens with one attached hydrogen (secondary N) is 1. The van der Waals surface area contributed by atoms with E-state index in [0.717, 1.165) is 18.9 Å². The van der Waals surface area contributed by atoms with Crippen LogP contribution in [0.2, 0.25) is 0 Å².